The molecule has 1 amide bonds. The molecular weight excluding hydrogens is 434 g/mol. The maximum atomic E-state index is 13.8. The van der Waals surface area contributed by atoms with E-state index in [9.17, 15) is 9.59 Å². The van der Waals surface area contributed by atoms with Crippen molar-refractivity contribution in [2.75, 3.05) is 6.54 Å². The van der Waals surface area contributed by atoms with Crippen LogP contribution in [0.3, 0.4) is 0 Å². The lowest BCUT2D eigenvalue weighted by Gasteiger charge is -2.31. The van der Waals surface area contributed by atoms with Crippen molar-refractivity contribution >= 4 is 16.8 Å². The van der Waals surface area contributed by atoms with Gasteiger partial charge in [0.1, 0.15) is 5.82 Å². The fraction of sp³-hybridized carbons (Fsp3) is 0.300. The van der Waals surface area contributed by atoms with Crippen molar-refractivity contribution in [3.05, 3.63) is 106 Å². The number of fused-ring (bicyclic) bond motifs is 1. The highest BCUT2D eigenvalue weighted by Crippen LogP contribution is 2.26. The molecule has 0 aliphatic rings. The van der Waals surface area contributed by atoms with Gasteiger partial charge in [-0.15, -0.1) is 0 Å². The van der Waals surface area contributed by atoms with Crippen LogP contribution in [-0.2, 0) is 11.2 Å². The standard InChI is InChI=1S/C30H33N3O2/c1-5-11-28(34)32(19-18-24-12-7-6-8-13-24)23(4)29-31-26-15-10-9-14-25(26)30(35)33(29)27-20-21(2)16-17-22(27)3/h6-10,12-17,20,23H,5,11,18-19H2,1-4H3. The Labute approximate surface area is 207 Å². The Morgan fingerprint density at radius 3 is 2.46 bits per heavy atom. The Kier molecular flexibility index (Phi) is 7.45. The van der Waals surface area contributed by atoms with Gasteiger partial charge in [-0.2, -0.15) is 0 Å². The number of rotatable bonds is 8. The Morgan fingerprint density at radius 2 is 1.71 bits per heavy atom. The largest absolute Gasteiger partial charge is 0.332 e. The van der Waals surface area contributed by atoms with Gasteiger partial charge in [-0.05, 0) is 68.5 Å². The third-order valence-electron chi connectivity index (χ3n) is 6.52. The SMILES string of the molecule is CCCC(=O)N(CCc1ccccc1)C(C)c1nc2ccccc2c(=O)n1-c1cc(C)ccc1C. The average Bonchev–Trinajstić information content (AvgIpc) is 2.86. The van der Waals surface area contributed by atoms with Gasteiger partial charge in [0, 0.05) is 13.0 Å². The number of carbonyl (C=O) groups is 1. The van der Waals surface area contributed by atoms with Gasteiger partial charge >= 0.3 is 0 Å². The van der Waals surface area contributed by atoms with Crippen LogP contribution in [0.15, 0.2) is 77.6 Å². The van der Waals surface area contributed by atoms with Gasteiger partial charge in [0.25, 0.3) is 5.56 Å². The molecule has 0 fully saturated rings. The molecular formula is C30H33N3O2. The zero-order valence-corrected chi connectivity index (χ0v) is 21.0. The van der Waals surface area contributed by atoms with Gasteiger partial charge in [-0.3, -0.25) is 14.2 Å². The quantitative estimate of drug-likeness (QED) is 0.322. The molecule has 0 radical (unpaired) electrons. The van der Waals surface area contributed by atoms with Gasteiger partial charge in [-0.1, -0.05) is 61.5 Å². The molecule has 35 heavy (non-hydrogen) atoms. The first kappa shape index (κ1) is 24.4. The molecule has 0 N–H and O–H groups in total. The first-order chi connectivity index (χ1) is 16.9. The van der Waals surface area contributed by atoms with Crippen LogP contribution in [0.5, 0.6) is 0 Å². The molecule has 0 saturated heterocycles. The van der Waals surface area contributed by atoms with Crippen molar-refractivity contribution in [2.45, 2.75) is 53.0 Å². The zero-order chi connectivity index (χ0) is 24.9. The summed E-state index contributed by atoms with van der Waals surface area (Å²) in [5.41, 5.74) is 4.56. The molecule has 1 heterocycles. The van der Waals surface area contributed by atoms with Gasteiger partial charge < -0.3 is 4.90 Å². The lowest BCUT2D eigenvalue weighted by molar-refractivity contribution is -0.133. The van der Waals surface area contributed by atoms with Crippen LogP contribution in [0.1, 0.15) is 55.2 Å². The van der Waals surface area contributed by atoms with Crippen molar-refractivity contribution in [3.8, 4) is 5.69 Å². The summed E-state index contributed by atoms with van der Waals surface area (Å²) in [5, 5.41) is 0.570. The number of nitrogens with zero attached hydrogens (tertiary/aromatic N) is 3. The van der Waals surface area contributed by atoms with Gasteiger partial charge in [0.15, 0.2) is 0 Å². The number of carbonyl (C=O) groups excluding carboxylic acids is 1. The Morgan fingerprint density at radius 1 is 1.00 bits per heavy atom. The van der Waals surface area contributed by atoms with Crippen molar-refractivity contribution in [3.63, 3.8) is 0 Å². The van der Waals surface area contributed by atoms with Crippen molar-refractivity contribution < 1.29 is 4.79 Å². The van der Waals surface area contributed by atoms with Crippen LogP contribution in [-0.4, -0.2) is 26.9 Å². The van der Waals surface area contributed by atoms with E-state index >= 15 is 0 Å². The van der Waals surface area contributed by atoms with Gasteiger partial charge in [0.05, 0.1) is 22.6 Å². The molecule has 0 aliphatic heterocycles. The molecule has 5 heteroatoms. The van der Waals surface area contributed by atoms with Crippen LogP contribution in [0.4, 0.5) is 0 Å². The summed E-state index contributed by atoms with van der Waals surface area (Å²) in [6, 6.07) is 23.3. The summed E-state index contributed by atoms with van der Waals surface area (Å²) in [5.74, 6) is 0.658. The molecule has 0 saturated carbocycles. The van der Waals surface area contributed by atoms with Crippen LogP contribution in [0.25, 0.3) is 16.6 Å². The Hall–Kier alpha value is -3.73. The molecule has 0 aliphatic carbocycles. The number of benzene rings is 3. The number of aromatic nitrogens is 2. The highest BCUT2D eigenvalue weighted by atomic mass is 16.2. The molecule has 1 aromatic heterocycles. The maximum absolute atomic E-state index is 13.8. The maximum Gasteiger partial charge on any atom is 0.266 e. The summed E-state index contributed by atoms with van der Waals surface area (Å²) in [4.78, 5) is 34.0. The molecule has 0 spiro atoms. The van der Waals surface area contributed by atoms with E-state index in [4.69, 9.17) is 4.98 Å². The van der Waals surface area contributed by atoms with E-state index in [0.717, 1.165) is 29.7 Å². The number of aryl methyl sites for hydroxylation is 2. The van der Waals surface area contributed by atoms with Gasteiger partial charge in [0.2, 0.25) is 5.91 Å². The zero-order valence-electron chi connectivity index (χ0n) is 21.0. The molecule has 4 rings (SSSR count). The van der Waals surface area contributed by atoms with E-state index in [0.29, 0.717) is 29.7 Å². The molecule has 180 valence electrons. The molecule has 0 bridgehead atoms. The first-order valence-corrected chi connectivity index (χ1v) is 12.3. The van der Waals surface area contributed by atoms with E-state index < -0.39 is 0 Å². The average molecular weight is 468 g/mol. The fourth-order valence-corrected chi connectivity index (χ4v) is 4.55. The molecule has 3 aromatic carbocycles. The predicted octanol–water partition coefficient (Wildman–Crippen LogP) is 5.93. The minimum Gasteiger partial charge on any atom is -0.332 e. The summed E-state index contributed by atoms with van der Waals surface area (Å²) in [6.07, 6.45) is 1.96. The second-order valence-electron chi connectivity index (χ2n) is 9.17. The van der Waals surface area contributed by atoms with Crippen molar-refractivity contribution in [1.82, 2.24) is 14.5 Å². The normalized spacial score (nSPS) is 12.0. The van der Waals surface area contributed by atoms with Crippen molar-refractivity contribution in [2.24, 2.45) is 0 Å². The van der Waals surface area contributed by atoms with Gasteiger partial charge in [-0.25, -0.2) is 4.98 Å². The second kappa shape index (κ2) is 10.7. The number of amides is 1. The lowest BCUT2D eigenvalue weighted by atomic mass is 10.1. The first-order valence-electron chi connectivity index (χ1n) is 12.3. The highest BCUT2D eigenvalue weighted by Gasteiger charge is 2.26. The van der Waals surface area contributed by atoms with Crippen LogP contribution >= 0.6 is 0 Å². The van der Waals surface area contributed by atoms with Crippen molar-refractivity contribution in [1.29, 1.82) is 0 Å². The smallest absolute Gasteiger partial charge is 0.266 e. The lowest BCUT2D eigenvalue weighted by Crippen LogP contribution is -2.38. The number of hydrogen-bond donors (Lipinski definition) is 0. The second-order valence-corrected chi connectivity index (χ2v) is 9.17. The van der Waals surface area contributed by atoms with E-state index in [1.807, 2.05) is 93.3 Å². The molecule has 5 nitrogen and oxygen atoms in total. The summed E-state index contributed by atoms with van der Waals surface area (Å²) in [6.45, 7) is 8.57. The molecule has 4 aromatic rings. The topological polar surface area (TPSA) is 55.2 Å². The van der Waals surface area contributed by atoms with E-state index in [1.165, 1.54) is 5.56 Å². The van der Waals surface area contributed by atoms with Crippen LogP contribution in [0.2, 0.25) is 0 Å². The summed E-state index contributed by atoms with van der Waals surface area (Å²) in [7, 11) is 0. The van der Waals surface area contributed by atoms with E-state index in [-0.39, 0.29) is 17.5 Å². The van der Waals surface area contributed by atoms with Crippen LogP contribution < -0.4 is 5.56 Å². The third kappa shape index (κ3) is 5.19. The summed E-state index contributed by atoms with van der Waals surface area (Å²) >= 11 is 0. The molecule has 1 atom stereocenters. The fourth-order valence-electron chi connectivity index (χ4n) is 4.55. The highest BCUT2D eigenvalue weighted by molar-refractivity contribution is 5.79. The van der Waals surface area contributed by atoms with E-state index in [2.05, 4.69) is 12.1 Å². The Bertz CT molecular complexity index is 1390. The third-order valence-corrected chi connectivity index (χ3v) is 6.52. The minimum atomic E-state index is -0.380. The predicted molar refractivity (Wildman–Crippen MR) is 142 cm³/mol. The summed E-state index contributed by atoms with van der Waals surface area (Å²) < 4.78 is 1.71. The minimum absolute atomic E-state index is 0.0749. The van der Waals surface area contributed by atoms with Crippen LogP contribution in [0, 0.1) is 13.8 Å². The number of hydrogen-bond acceptors (Lipinski definition) is 3. The number of para-hydroxylation sites is 1. The van der Waals surface area contributed by atoms with E-state index in [1.54, 1.807) is 4.57 Å². The Balaban J connectivity index is 1.87. The monoisotopic (exact) mass is 467 g/mol. The molecule has 1 unspecified atom stereocenters.